The summed E-state index contributed by atoms with van der Waals surface area (Å²) in [6.07, 6.45) is -2.76. The molecule has 2 fully saturated rings. The van der Waals surface area contributed by atoms with Gasteiger partial charge in [0.15, 0.2) is 0 Å². The van der Waals surface area contributed by atoms with Gasteiger partial charge in [0.2, 0.25) is 0 Å². The summed E-state index contributed by atoms with van der Waals surface area (Å²) in [6.45, 7) is 0.00526. The van der Waals surface area contributed by atoms with Crippen LogP contribution in [0, 0.1) is 16.7 Å². The average molecular weight is 318 g/mol. The lowest BCUT2D eigenvalue weighted by Gasteiger charge is -2.25. The highest BCUT2D eigenvalue weighted by atomic mass is 19.4. The predicted octanol–water partition coefficient (Wildman–Crippen LogP) is 2.58. The average Bonchev–Trinajstić information content (AvgIpc) is 2.99. The van der Waals surface area contributed by atoms with E-state index in [1.807, 2.05) is 0 Å². The van der Waals surface area contributed by atoms with E-state index in [1.54, 1.807) is 35.4 Å². The van der Waals surface area contributed by atoms with Crippen LogP contribution < -0.4 is 10.6 Å². The zero-order valence-corrected chi connectivity index (χ0v) is 12.1. The van der Waals surface area contributed by atoms with Gasteiger partial charge in [-0.3, -0.25) is 4.98 Å². The highest BCUT2D eigenvalue weighted by molar-refractivity contribution is 5.95. The number of nitrogens with two attached hydrogens (primary N) is 1. The van der Waals surface area contributed by atoms with Gasteiger partial charge in [0.1, 0.15) is 11.5 Å². The number of nitrogens with zero attached hydrogens (tertiary/aromatic N) is 3. The lowest BCUT2D eigenvalue weighted by molar-refractivity contribution is -0.185. The van der Waals surface area contributed by atoms with E-state index in [0.717, 1.165) is 0 Å². The van der Waals surface area contributed by atoms with E-state index in [0.29, 0.717) is 22.2 Å². The van der Waals surface area contributed by atoms with Crippen LogP contribution in [0.25, 0.3) is 10.9 Å². The fourth-order valence-electron chi connectivity index (χ4n) is 3.80. The van der Waals surface area contributed by atoms with Crippen molar-refractivity contribution in [2.24, 2.45) is 11.1 Å². The van der Waals surface area contributed by atoms with E-state index in [1.165, 1.54) is 0 Å². The molecule has 4 rings (SSSR count). The lowest BCUT2D eigenvalue weighted by atomic mass is 10.0. The van der Waals surface area contributed by atoms with E-state index < -0.39 is 17.1 Å². The molecule has 1 saturated carbocycles. The molecule has 2 atom stereocenters. The molecule has 1 aliphatic carbocycles. The van der Waals surface area contributed by atoms with Gasteiger partial charge < -0.3 is 10.6 Å². The van der Waals surface area contributed by atoms with Crippen LogP contribution in [0.3, 0.4) is 0 Å². The summed E-state index contributed by atoms with van der Waals surface area (Å²) in [5.74, 6) is 0. The molecule has 2 unspecified atom stereocenters. The number of hydrogen-bond acceptors (Lipinski definition) is 4. The second-order valence-electron chi connectivity index (χ2n) is 6.41. The summed E-state index contributed by atoms with van der Waals surface area (Å²) in [5.41, 5.74) is 4.49. The molecule has 118 valence electrons. The summed E-state index contributed by atoms with van der Waals surface area (Å²) in [4.78, 5) is 5.86. The van der Waals surface area contributed by atoms with Crippen molar-refractivity contribution in [1.82, 2.24) is 4.98 Å². The normalized spacial score (nSPS) is 29.4. The second kappa shape index (κ2) is 4.15. The van der Waals surface area contributed by atoms with E-state index in [4.69, 9.17) is 11.0 Å². The van der Waals surface area contributed by atoms with Crippen molar-refractivity contribution >= 4 is 16.6 Å². The third-order valence-corrected chi connectivity index (χ3v) is 5.13. The summed E-state index contributed by atoms with van der Waals surface area (Å²) in [7, 11) is 0. The van der Waals surface area contributed by atoms with Gasteiger partial charge in [0.25, 0.3) is 0 Å². The van der Waals surface area contributed by atoms with Crippen molar-refractivity contribution in [3.05, 3.63) is 36.0 Å². The molecule has 0 spiro atoms. The van der Waals surface area contributed by atoms with Crippen molar-refractivity contribution in [2.45, 2.75) is 18.1 Å². The molecule has 2 heterocycles. The Morgan fingerprint density at radius 3 is 2.70 bits per heavy atom. The number of rotatable bonds is 1. The maximum absolute atomic E-state index is 13.4. The summed E-state index contributed by atoms with van der Waals surface area (Å²) < 4.78 is 40.2. The zero-order chi connectivity index (χ0) is 16.5. The first kappa shape index (κ1) is 14.3. The lowest BCUT2D eigenvalue weighted by Crippen LogP contribution is -2.38. The Morgan fingerprint density at radius 1 is 1.26 bits per heavy atom. The van der Waals surface area contributed by atoms with Crippen LogP contribution in [0.2, 0.25) is 0 Å². The maximum atomic E-state index is 13.4. The van der Waals surface area contributed by atoms with Gasteiger partial charge in [0.05, 0.1) is 16.6 Å². The topological polar surface area (TPSA) is 65.9 Å². The van der Waals surface area contributed by atoms with Gasteiger partial charge in [-0.2, -0.15) is 18.4 Å². The number of pyridine rings is 1. The van der Waals surface area contributed by atoms with Gasteiger partial charge in [-0.05, 0) is 30.7 Å². The Hall–Kier alpha value is -2.33. The summed E-state index contributed by atoms with van der Waals surface area (Å²) in [5, 5.41) is 9.83. The Morgan fingerprint density at radius 2 is 2.04 bits per heavy atom. The summed E-state index contributed by atoms with van der Waals surface area (Å²) in [6, 6.07) is 8.82. The number of alkyl halides is 3. The Kier molecular flexibility index (Phi) is 2.57. The fourth-order valence-corrected chi connectivity index (χ4v) is 3.80. The fraction of sp³-hybridized carbons (Fsp3) is 0.375. The molecule has 1 aromatic heterocycles. The smallest absolute Gasteiger partial charge is 0.368 e. The van der Waals surface area contributed by atoms with Crippen molar-refractivity contribution in [3.63, 3.8) is 0 Å². The van der Waals surface area contributed by atoms with Crippen molar-refractivity contribution in [3.8, 4) is 6.07 Å². The molecular weight excluding hydrogens is 305 g/mol. The molecule has 1 aliphatic heterocycles. The standard InChI is InChI=1S/C16H13F3N4/c17-16(18,19)14-7-15(14,21)9-23(8-14)12-4-3-10(6-20)13-11(12)2-1-5-22-13/h1-5H,7-9,21H2. The number of fused-ring (bicyclic) bond motifs is 2. The molecule has 2 aromatic rings. The molecular formula is C16H13F3N4. The van der Waals surface area contributed by atoms with Gasteiger partial charge in [-0.25, -0.2) is 0 Å². The van der Waals surface area contributed by atoms with Gasteiger partial charge >= 0.3 is 6.18 Å². The van der Waals surface area contributed by atoms with Crippen LogP contribution >= 0.6 is 0 Å². The largest absolute Gasteiger partial charge is 0.398 e. The Labute approximate surface area is 130 Å². The number of hydrogen-bond donors (Lipinski definition) is 1. The van der Waals surface area contributed by atoms with Crippen LogP contribution in [0.5, 0.6) is 0 Å². The summed E-state index contributed by atoms with van der Waals surface area (Å²) >= 11 is 0. The van der Waals surface area contributed by atoms with Crippen LogP contribution in [0.15, 0.2) is 30.5 Å². The second-order valence-corrected chi connectivity index (χ2v) is 6.41. The molecule has 2 aliphatic rings. The minimum Gasteiger partial charge on any atom is -0.368 e. The van der Waals surface area contributed by atoms with Gasteiger partial charge in [-0.1, -0.05) is 0 Å². The highest BCUT2D eigenvalue weighted by Gasteiger charge is 2.82. The van der Waals surface area contributed by atoms with Crippen LogP contribution in [0.1, 0.15) is 12.0 Å². The highest BCUT2D eigenvalue weighted by Crippen LogP contribution is 2.67. The SMILES string of the molecule is N#Cc1ccc(N2CC3(N)CC3(C(F)(F)F)C2)c2cccnc12. The Bertz CT molecular complexity index is 857. The number of piperidine rings is 1. The number of nitriles is 1. The van der Waals surface area contributed by atoms with Crippen LogP contribution in [0.4, 0.5) is 18.9 Å². The van der Waals surface area contributed by atoms with Gasteiger partial charge in [-0.15, -0.1) is 0 Å². The minimum atomic E-state index is -4.31. The molecule has 0 radical (unpaired) electrons. The zero-order valence-electron chi connectivity index (χ0n) is 12.1. The monoisotopic (exact) mass is 318 g/mol. The van der Waals surface area contributed by atoms with E-state index >= 15 is 0 Å². The molecule has 1 saturated heterocycles. The molecule has 7 heteroatoms. The van der Waals surface area contributed by atoms with Gasteiger partial charge in [0, 0.05) is 30.4 Å². The number of halogens is 3. The first-order valence-corrected chi connectivity index (χ1v) is 7.20. The molecule has 4 nitrogen and oxygen atoms in total. The van der Waals surface area contributed by atoms with Crippen molar-refractivity contribution in [1.29, 1.82) is 5.26 Å². The minimum absolute atomic E-state index is 0.0214. The van der Waals surface area contributed by atoms with E-state index in [-0.39, 0.29) is 19.5 Å². The molecule has 1 aromatic carbocycles. The van der Waals surface area contributed by atoms with Crippen LogP contribution in [-0.4, -0.2) is 29.8 Å². The van der Waals surface area contributed by atoms with Crippen LogP contribution in [-0.2, 0) is 0 Å². The van der Waals surface area contributed by atoms with Crippen molar-refractivity contribution in [2.75, 3.05) is 18.0 Å². The number of anilines is 1. The number of aromatic nitrogens is 1. The Balaban J connectivity index is 1.80. The molecule has 0 bridgehead atoms. The predicted molar refractivity (Wildman–Crippen MR) is 78.7 cm³/mol. The number of benzene rings is 1. The molecule has 23 heavy (non-hydrogen) atoms. The maximum Gasteiger partial charge on any atom is 0.398 e. The van der Waals surface area contributed by atoms with E-state index in [9.17, 15) is 13.2 Å². The van der Waals surface area contributed by atoms with Crippen molar-refractivity contribution < 1.29 is 13.2 Å². The first-order valence-electron chi connectivity index (χ1n) is 7.20. The third kappa shape index (κ3) is 1.72. The van der Waals surface area contributed by atoms with E-state index in [2.05, 4.69) is 11.1 Å². The third-order valence-electron chi connectivity index (χ3n) is 5.13. The molecule has 0 amide bonds. The molecule has 2 N–H and O–H groups in total. The quantitative estimate of drug-likeness (QED) is 0.877. The first-order chi connectivity index (χ1) is 10.8.